The first-order valence-corrected chi connectivity index (χ1v) is 7.57. The maximum atomic E-state index is 9.53. The molecule has 0 amide bonds. The molecule has 0 saturated heterocycles. The van der Waals surface area contributed by atoms with E-state index in [9.17, 15) is 5.26 Å². The molecule has 22 heavy (non-hydrogen) atoms. The van der Waals surface area contributed by atoms with Gasteiger partial charge in [0, 0.05) is 5.56 Å². The lowest BCUT2D eigenvalue weighted by Crippen LogP contribution is -2.21. The van der Waals surface area contributed by atoms with Gasteiger partial charge in [0.05, 0.1) is 5.69 Å². The van der Waals surface area contributed by atoms with Crippen molar-refractivity contribution in [3.8, 4) is 23.2 Å². The molecule has 1 aromatic carbocycles. The summed E-state index contributed by atoms with van der Waals surface area (Å²) in [5.74, 6) is 0.435. The van der Waals surface area contributed by atoms with E-state index >= 15 is 0 Å². The topological polar surface area (TPSA) is 84.8 Å². The van der Waals surface area contributed by atoms with Gasteiger partial charge in [-0.2, -0.15) is 10.2 Å². The average Bonchev–Trinajstić information content (AvgIpc) is 2.56. The van der Waals surface area contributed by atoms with Crippen LogP contribution in [0.1, 0.15) is 37.7 Å². The van der Waals surface area contributed by atoms with Crippen molar-refractivity contribution in [3.63, 3.8) is 0 Å². The minimum absolute atomic E-state index is 0.110. The van der Waals surface area contributed by atoms with Gasteiger partial charge in [-0.05, 0) is 25.7 Å². The molecule has 5 nitrogen and oxygen atoms in total. The Bertz CT molecular complexity index is 688. The van der Waals surface area contributed by atoms with Gasteiger partial charge in [0.2, 0.25) is 11.8 Å². The fourth-order valence-electron chi connectivity index (χ4n) is 2.79. The molecule has 0 spiro atoms. The van der Waals surface area contributed by atoms with Crippen molar-refractivity contribution < 1.29 is 4.74 Å². The van der Waals surface area contributed by atoms with E-state index in [2.05, 4.69) is 16.0 Å². The van der Waals surface area contributed by atoms with Gasteiger partial charge in [-0.1, -0.05) is 36.8 Å². The summed E-state index contributed by atoms with van der Waals surface area (Å²) in [5, 5.41) is 9.53. The molecule has 0 radical (unpaired) electrons. The fraction of sp³-hybridized carbons (Fsp3) is 0.353. The molecule has 1 aliphatic rings. The van der Waals surface area contributed by atoms with Gasteiger partial charge in [0.15, 0.2) is 0 Å². The first-order valence-electron chi connectivity index (χ1n) is 7.57. The third kappa shape index (κ3) is 3.01. The van der Waals surface area contributed by atoms with Gasteiger partial charge in [-0.25, -0.2) is 4.98 Å². The second-order valence-corrected chi connectivity index (χ2v) is 5.47. The van der Waals surface area contributed by atoms with Gasteiger partial charge in [0.25, 0.3) is 0 Å². The molecule has 0 aliphatic heterocycles. The van der Waals surface area contributed by atoms with Gasteiger partial charge in [-0.3, -0.25) is 0 Å². The molecule has 3 rings (SSSR count). The van der Waals surface area contributed by atoms with Crippen LogP contribution in [0.3, 0.4) is 0 Å². The number of hydrogen-bond acceptors (Lipinski definition) is 5. The molecule has 0 atom stereocenters. The smallest absolute Gasteiger partial charge is 0.237 e. The van der Waals surface area contributed by atoms with Gasteiger partial charge >= 0.3 is 0 Å². The summed E-state index contributed by atoms with van der Waals surface area (Å²) in [6.07, 6.45) is 5.65. The summed E-state index contributed by atoms with van der Waals surface area (Å²) in [6, 6.07) is 11.7. The van der Waals surface area contributed by atoms with E-state index in [0.717, 1.165) is 31.2 Å². The third-order valence-corrected chi connectivity index (χ3v) is 3.88. The average molecular weight is 294 g/mol. The molecular formula is C17H18N4O. The van der Waals surface area contributed by atoms with Crippen molar-refractivity contribution in [1.29, 1.82) is 5.26 Å². The van der Waals surface area contributed by atoms with E-state index < -0.39 is 0 Å². The Balaban J connectivity index is 1.99. The number of hydrogen-bond donors (Lipinski definition) is 1. The van der Waals surface area contributed by atoms with E-state index in [1.54, 1.807) is 0 Å². The van der Waals surface area contributed by atoms with Gasteiger partial charge < -0.3 is 10.5 Å². The number of anilines is 1. The molecule has 112 valence electrons. The summed E-state index contributed by atoms with van der Waals surface area (Å²) in [4.78, 5) is 8.38. The SMILES string of the molecule is N#Cc1c(OC2CCCCC2)nc(N)nc1-c1ccccc1. The molecule has 2 aromatic rings. The Kier molecular flexibility index (Phi) is 4.19. The fourth-order valence-corrected chi connectivity index (χ4v) is 2.79. The monoisotopic (exact) mass is 294 g/mol. The summed E-state index contributed by atoms with van der Waals surface area (Å²) < 4.78 is 5.97. The van der Waals surface area contributed by atoms with Crippen molar-refractivity contribution >= 4 is 5.95 Å². The molecule has 0 unspecified atom stereocenters. The maximum absolute atomic E-state index is 9.53. The van der Waals surface area contributed by atoms with E-state index in [0.29, 0.717) is 17.1 Å². The molecule has 1 aromatic heterocycles. The lowest BCUT2D eigenvalue weighted by molar-refractivity contribution is 0.148. The van der Waals surface area contributed by atoms with Gasteiger partial charge in [0.1, 0.15) is 17.7 Å². The maximum Gasteiger partial charge on any atom is 0.237 e. The molecule has 2 N–H and O–H groups in total. The number of nitrogens with zero attached hydrogens (tertiary/aromatic N) is 3. The normalized spacial score (nSPS) is 15.2. The Hall–Kier alpha value is -2.61. The Morgan fingerprint density at radius 3 is 2.50 bits per heavy atom. The van der Waals surface area contributed by atoms with Crippen molar-refractivity contribution in [1.82, 2.24) is 9.97 Å². The molecule has 0 bridgehead atoms. The lowest BCUT2D eigenvalue weighted by atomic mass is 9.98. The van der Waals surface area contributed by atoms with Crippen molar-refractivity contribution in [2.45, 2.75) is 38.2 Å². The van der Waals surface area contributed by atoms with E-state index in [-0.39, 0.29) is 12.1 Å². The number of rotatable bonds is 3. The minimum atomic E-state index is 0.110. The molecule has 1 fully saturated rings. The number of nitrogen functional groups attached to an aromatic ring is 1. The van der Waals surface area contributed by atoms with Crippen LogP contribution in [0.4, 0.5) is 5.95 Å². The second-order valence-electron chi connectivity index (χ2n) is 5.47. The number of nitriles is 1. The zero-order chi connectivity index (χ0) is 15.4. The highest BCUT2D eigenvalue weighted by molar-refractivity contribution is 5.69. The highest BCUT2D eigenvalue weighted by atomic mass is 16.5. The predicted octanol–water partition coefficient (Wildman–Crippen LogP) is 3.31. The van der Waals surface area contributed by atoms with Crippen molar-refractivity contribution in [3.05, 3.63) is 35.9 Å². The zero-order valence-electron chi connectivity index (χ0n) is 12.3. The van der Waals surface area contributed by atoms with Crippen LogP contribution in [-0.4, -0.2) is 16.1 Å². The molecular weight excluding hydrogens is 276 g/mol. The number of nitrogens with two attached hydrogens (primary N) is 1. The van der Waals surface area contributed by atoms with Crippen LogP contribution in [0.25, 0.3) is 11.3 Å². The Morgan fingerprint density at radius 1 is 1.09 bits per heavy atom. The lowest BCUT2D eigenvalue weighted by Gasteiger charge is -2.23. The summed E-state index contributed by atoms with van der Waals surface area (Å²) in [5.41, 5.74) is 7.53. The molecule has 1 aliphatic carbocycles. The predicted molar refractivity (Wildman–Crippen MR) is 84.1 cm³/mol. The first kappa shape index (κ1) is 14.3. The van der Waals surface area contributed by atoms with Crippen LogP contribution < -0.4 is 10.5 Å². The number of benzene rings is 1. The number of ether oxygens (including phenoxy) is 1. The minimum Gasteiger partial charge on any atom is -0.473 e. The van der Waals surface area contributed by atoms with E-state index in [4.69, 9.17) is 10.5 Å². The highest BCUT2D eigenvalue weighted by Gasteiger charge is 2.21. The second kappa shape index (κ2) is 6.44. The van der Waals surface area contributed by atoms with Gasteiger partial charge in [-0.15, -0.1) is 0 Å². The number of aromatic nitrogens is 2. The summed E-state index contributed by atoms with van der Waals surface area (Å²) in [7, 11) is 0. The zero-order valence-corrected chi connectivity index (χ0v) is 12.3. The summed E-state index contributed by atoms with van der Waals surface area (Å²) >= 11 is 0. The molecule has 5 heteroatoms. The van der Waals surface area contributed by atoms with E-state index in [1.165, 1.54) is 6.42 Å². The third-order valence-electron chi connectivity index (χ3n) is 3.88. The standard InChI is InChI=1S/C17H18N4O/c18-11-14-15(12-7-3-1-4-8-12)20-17(19)21-16(14)22-13-9-5-2-6-10-13/h1,3-4,7-8,13H,2,5-6,9-10H2,(H2,19,20,21). The van der Waals surface area contributed by atoms with Crippen molar-refractivity contribution in [2.24, 2.45) is 0 Å². The summed E-state index contributed by atoms with van der Waals surface area (Å²) in [6.45, 7) is 0. The van der Waals surface area contributed by atoms with E-state index in [1.807, 2.05) is 30.3 Å². The van der Waals surface area contributed by atoms with Crippen LogP contribution in [0, 0.1) is 11.3 Å². The molecule has 1 heterocycles. The quantitative estimate of drug-likeness (QED) is 0.938. The Morgan fingerprint density at radius 2 is 1.82 bits per heavy atom. The largest absolute Gasteiger partial charge is 0.473 e. The highest BCUT2D eigenvalue weighted by Crippen LogP contribution is 2.30. The van der Waals surface area contributed by atoms with Crippen molar-refractivity contribution in [2.75, 3.05) is 5.73 Å². The van der Waals surface area contributed by atoms with Crippen LogP contribution in [0.2, 0.25) is 0 Å². The molecule has 1 saturated carbocycles. The Labute approximate surface area is 129 Å². The van der Waals surface area contributed by atoms with Crippen LogP contribution in [-0.2, 0) is 0 Å². The van der Waals surface area contributed by atoms with Crippen LogP contribution in [0.5, 0.6) is 5.88 Å². The van der Waals surface area contributed by atoms with Crippen LogP contribution >= 0.6 is 0 Å². The first-order chi connectivity index (χ1) is 10.8. The van der Waals surface area contributed by atoms with Crippen LogP contribution in [0.15, 0.2) is 30.3 Å².